The number of para-hydroxylation sites is 1. The van der Waals surface area contributed by atoms with Crippen molar-refractivity contribution in [2.45, 2.75) is 19.5 Å². The Morgan fingerprint density at radius 2 is 1.59 bits per heavy atom. The molecule has 0 aliphatic rings. The van der Waals surface area contributed by atoms with E-state index in [4.69, 9.17) is 4.74 Å². The fraction of sp³-hybridized carbons (Fsp3) is 0.148. The summed E-state index contributed by atoms with van der Waals surface area (Å²) in [5, 5.41) is 10.3. The number of nitrogens with one attached hydrogen (secondary N) is 2. The second kappa shape index (κ2) is 10.5. The Labute approximate surface area is 198 Å². The number of nitrogens with zero attached hydrogens (tertiary/aromatic N) is 2. The number of carbonyl (C=O) groups is 2. The molecule has 0 saturated heterocycles. The summed E-state index contributed by atoms with van der Waals surface area (Å²) in [6.07, 6.45) is 1.68. The SMILES string of the molecule is COc1ccc(-c2nn(-c3ccccc3)cc2C(=O)NC(C)C(=O)NCc2ccccc2)cc1. The van der Waals surface area contributed by atoms with Gasteiger partial charge in [-0.05, 0) is 48.9 Å². The van der Waals surface area contributed by atoms with Gasteiger partial charge in [0.25, 0.3) is 5.91 Å². The van der Waals surface area contributed by atoms with Crippen LogP contribution in [0.2, 0.25) is 0 Å². The molecule has 0 spiro atoms. The van der Waals surface area contributed by atoms with Crippen LogP contribution in [-0.2, 0) is 11.3 Å². The molecule has 0 fully saturated rings. The molecule has 2 N–H and O–H groups in total. The van der Waals surface area contributed by atoms with Crippen molar-refractivity contribution in [3.63, 3.8) is 0 Å². The van der Waals surface area contributed by atoms with Crippen molar-refractivity contribution >= 4 is 11.8 Å². The number of methoxy groups -OCH3 is 1. The maximum atomic E-state index is 13.2. The number of benzene rings is 3. The third-order valence-corrected chi connectivity index (χ3v) is 5.39. The Hall–Kier alpha value is -4.39. The molecule has 0 aliphatic heterocycles. The van der Waals surface area contributed by atoms with E-state index in [9.17, 15) is 9.59 Å². The van der Waals surface area contributed by atoms with Crippen LogP contribution in [0.3, 0.4) is 0 Å². The molecule has 0 saturated carbocycles. The molecule has 172 valence electrons. The fourth-order valence-corrected chi connectivity index (χ4v) is 3.49. The summed E-state index contributed by atoms with van der Waals surface area (Å²) in [7, 11) is 1.60. The first kappa shape index (κ1) is 22.8. The van der Waals surface area contributed by atoms with Gasteiger partial charge in [0.15, 0.2) is 0 Å². The standard InChI is InChI=1S/C27H26N4O3/c1-19(26(32)28-17-20-9-5-3-6-10-20)29-27(33)24-18-31(22-11-7-4-8-12-22)30-25(24)21-13-15-23(34-2)16-14-21/h3-16,18-19H,17H2,1-2H3,(H,28,32)(H,29,33). The minimum atomic E-state index is -0.722. The van der Waals surface area contributed by atoms with Crippen molar-refractivity contribution < 1.29 is 14.3 Å². The van der Waals surface area contributed by atoms with Gasteiger partial charge in [-0.2, -0.15) is 5.10 Å². The molecule has 1 aromatic heterocycles. The second-order valence-corrected chi connectivity index (χ2v) is 7.80. The summed E-state index contributed by atoms with van der Waals surface area (Å²) in [5.74, 6) is 0.0648. The Bertz CT molecular complexity index is 1250. The van der Waals surface area contributed by atoms with Gasteiger partial charge in [-0.1, -0.05) is 48.5 Å². The molecule has 1 unspecified atom stereocenters. The van der Waals surface area contributed by atoms with E-state index >= 15 is 0 Å². The zero-order chi connectivity index (χ0) is 23.9. The number of hydrogen-bond donors (Lipinski definition) is 2. The molecule has 7 heteroatoms. The van der Waals surface area contributed by atoms with Gasteiger partial charge in [0.2, 0.25) is 5.91 Å². The lowest BCUT2D eigenvalue weighted by atomic mass is 10.1. The van der Waals surface area contributed by atoms with Crippen molar-refractivity contribution in [1.29, 1.82) is 0 Å². The lowest BCUT2D eigenvalue weighted by Crippen LogP contribution is -2.44. The summed E-state index contributed by atoms with van der Waals surface area (Å²) >= 11 is 0. The van der Waals surface area contributed by atoms with Gasteiger partial charge in [-0.15, -0.1) is 0 Å². The molecule has 2 amide bonds. The second-order valence-electron chi connectivity index (χ2n) is 7.80. The van der Waals surface area contributed by atoms with E-state index in [2.05, 4.69) is 15.7 Å². The highest BCUT2D eigenvalue weighted by Gasteiger charge is 2.22. The molecule has 34 heavy (non-hydrogen) atoms. The van der Waals surface area contributed by atoms with Crippen molar-refractivity contribution in [2.75, 3.05) is 7.11 Å². The van der Waals surface area contributed by atoms with Crippen molar-refractivity contribution in [2.24, 2.45) is 0 Å². The fourth-order valence-electron chi connectivity index (χ4n) is 3.49. The average molecular weight is 455 g/mol. The van der Waals surface area contributed by atoms with E-state index in [-0.39, 0.29) is 11.8 Å². The summed E-state index contributed by atoms with van der Waals surface area (Å²) in [6.45, 7) is 2.05. The molecule has 0 aliphatic carbocycles. The van der Waals surface area contributed by atoms with E-state index < -0.39 is 6.04 Å². The molecule has 4 aromatic rings. The van der Waals surface area contributed by atoms with Crippen LogP contribution in [0.1, 0.15) is 22.8 Å². The summed E-state index contributed by atoms with van der Waals surface area (Å²) in [6, 6.07) is 25.8. The number of carbonyl (C=O) groups excluding carboxylic acids is 2. The normalized spacial score (nSPS) is 11.5. The zero-order valence-corrected chi connectivity index (χ0v) is 19.1. The van der Waals surface area contributed by atoms with Gasteiger partial charge in [0.1, 0.15) is 17.5 Å². The lowest BCUT2D eigenvalue weighted by molar-refractivity contribution is -0.122. The van der Waals surface area contributed by atoms with E-state index in [1.807, 2.05) is 84.9 Å². The van der Waals surface area contributed by atoms with Crippen molar-refractivity contribution in [3.8, 4) is 22.7 Å². The molecule has 1 atom stereocenters. The first-order chi connectivity index (χ1) is 16.5. The van der Waals surface area contributed by atoms with Crippen LogP contribution in [0.25, 0.3) is 16.9 Å². The third kappa shape index (κ3) is 5.32. The number of aromatic nitrogens is 2. The molecule has 3 aromatic carbocycles. The smallest absolute Gasteiger partial charge is 0.255 e. The number of amides is 2. The summed E-state index contributed by atoms with van der Waals surface area (Å²) in [4.78, 5) is 25.8. The number of rotatable bonds is 8. The Morgan fingerprint density at radius 3 is 2.24 bits per heavy atom. The maximum Gasteiger partial charge on any atom is 0.255 e. The van der Waals surface area contributed by atoms with Gasteiger partial charge >= 0.3 is 0 Å². The molecule has 1 heterocycles. The third-order valence-electron chi connectivity index (χ3n) is 5.39. The van der Waals surface area contributed by atoms with Crippen LogP contribution < -0.4 is 15.4 Å². The first-order valence-electron chi connectivity index (χ1n) is 11.0. The van der Waals surface area contributed by atoms with Crippen LogP contribution >= 0.6 is 0 Å². The van der Waals surface area contributed by atoms with Crippen LogP contribution in [0.5, 0.6) is 5.75 Å². The molecule has 7 nitrogen and oxygen atoms in total. The van der Waals surface area contributed by atoms with Gasteiger partial charge < -0.3 is 15.4 Å². The molecular weight excluding hydrogens is 428 g/mol. The van der Waals surface area contributed by atoms with E-state index in [0.29, 0.717) is 23.6 Å². The topological polar surface area (TPSA) is 85.2 Å². The highest BCUT2D eigenvalue weighted by atomic mass is 16.5. The summed E-state index contributed by atoms with van der Waals surface area (Å²) in [5.41, 5.74) is 3.46. The minimum Gasteiger partial charge on any atom is -0.497 e. The zero-order valence-electron chi connectivity index (χ0n) is 19.1. The summed E-state index contributed by atoms with van der Waals surface area (Å²) < 4.78 is 6.90. The van der Waals surface area contributed by atoms with Gasteiger partial charge in [-0.3, -0.25) is 9.59 Å². The predicted molar refractivity (Wildman–Crippen MR) is 131 cm³/mol. The van der Waals surface area contributed by atoms with Crippen molar-refractivity contribution in [1.82, 2.24) is 20.4 Å². The highest BCUT2D eigenvalue weighted by molar-refractivity contribution is 6.02. The molecule has 4 rings (SSSR count). The Morgan fingerprint density at radius 1 is 0.941 bits per heavy atom. The quantitative estimate of drug-likeness (QED) is 0.422. The largest absolute Gasteiger partial charge is 0.497 e. The van der Waals surface area contributed by atoms with E-state index in [0.717, 1.165) is 16.8 Å². The van der Waals surface area contributed by atoms with Crippen LogP contribution in [0, 0.1) is 0 Å². The average Bonchev–Trinajstić information content (AvgIpc) is 3.34. The highest BCUT2D eigenvalue weighted by Crippen LogP contribution is 2.26. The molecule has 0 bridgehead atoms. The molecular formula is C27H26N4O3. The van der Waals surface area contributed by atoms with Crippen LogP contribution in [0.4, 0.5) is 0 Å². The van der Waals surface area contributed by atoms with Gasteiger partial charge in [-0.25, -0.2) is 4.68 Å². The van der Waals surface area contributed by atoms with E-state index in [1.165, 1.54) is 0 Å². The lowest BCUT2D eigenvalue weighted by Gasteiger charge is -2.14. The van der Waals surface area contributed by atoms with Gasteiger partial charge in [0.05, 0.1) is 18.4 Å². The number of ether oxygens (including phenoxy) is 1. The monoisotopic (exact) mass is 454 g/mol. The minimum absolute atomic E-state index is 0.265. The van der Waals surface area contributed by atoms with Crippen LogP contribution in [-0.4, -0.2) is 34.7 Å². The van der Waals surface area contributed by atoms with Gasteiger partial charge in [0, 0.05) is 18.3 Å². The molecule has 0 radical (unpaired) electrons. The van der Waals surface area contributed by atoms with Crippen molar-refractivity contribution in [3.05, 3.63) is 102 Å². The predicted octanol–water partition coefficient (Wildman–Crippen LogP) is 3.98. The first-order valence-corrected chi connectivity index (χ1v) is 11.0. The van der Waals surface area contributed by atoms with E-state index in [1.54, 1.807) is 24.9 Å². The Kier molecular flexibility index (Phi) is 7.03. The Balaban J connectivity index is 1.55. The maximum absolute atomic E-state index is 13.2. The number of hydrogen-bond acceptors (Lipinski definition) is 4. The van der Waals surface area contributed by atoms with Crippen LogP contribution in [0.15, 0.2) is 91.1 Å².